The number of nitrogens with zero attached hydrogens (tertiary/aromatic N) is 2. The molecule has 1 aromatic heterocycles. The summed E-state index contributed by atoms with van der Waals surface area (Å²) in [5.41, 5.74) is 0.127. The van der Waals surface area contributed by atoms with E-state index >= 15 is 0 Å². The van der Waals surface area contributed by atoms with Gasteiger partial charge in [0.2, 0.25) is 0 Å². The summed E-state index contributed by atoms with van der Waals surface area (Å²) >= 11 is 0. The standard InChI is InChI=1S/C19H20F3N3O2/c20-19(21,22)14-5-3-4-13(10-14)11-25-9-7-15(17(26)12-25)24-18(27)16-6-1-2-8-23-16/h1-6,8,10,15,17,26H,7,9,11-12H2,(H,24,27)/t15-,17-/m1/s1. The van der Waals surface area contributed by atoms with Gasteiger partial charge in [0.05, 0.1) is 17.7 Å². The predicted molar refractivity (Wildman–Crippen MR) is 92.8 cm³/mol. The van der Waals surface area contributed by atoms with Gasteiger partial charge in [-0.3, -0.25) is 14.7 Å². The highest BCUT2D eigenvalue weighted by atomic mass is 19.4. The van der Waals surface area contributed by atoms with Crippen LogP contribution in [0.25, 0.3) is 0 Å². The minimum Gasteiger partial charge on any atom is -0.390 e. The molecule has 0 unspecified atom stereocenters. The van der Waals surface area contributed by atoms with Crippen molar-refractivity contribution in [3.63, 3.8) is 0 Å². The average molecular weight is 379 g/mol. The number of piperidine rings is 1. The highest BCUT2D eigenvalue weighted by molar-refractivity contribution is 5.92. The molecule has 1 aromatic carbocycles. The van der Waals surface area contributed by atoms with Crippen LogP contribution in [0.3, 0.4) is 0 Å². The van der Waals surface area contributed by atoms with Crippen molar-refractivity contribution in [1.82, 2.24) is 15.2 Å². The number of benzene rings is 1. The number of pyridine rings is 1. The lowest BCUT2D eigenvalue weighted by Gasteiger charge is -2.36. The Morgan fingerprint density at radius 1 is 1.26 bits per heavy atom. The molecule has 1 aliphatic heterocycles. The van der Waals surface area contributed by atoms with Gasteiger partial charge in [-0.2, -0.15) is 13.2 Å². The van der Waals surface area contributed by atoms with Crippen LogP contribution in [0.1, 0.15) is 28.0 Å². The van der Waals surface area contributed by atoms with E-state index in [0.717, 1.165) is 12.1 Å². The zero-order valence-corrected chi connectivity index (χ0v) is 14.5. The van der Waals surface area contributed by atoms with Gasteiger partial charge < -0.3 is 10.4 Å². The smallest absolute Gasteiger partial charge is 0.390 e. The van der Waals surface area contributed by atoms with Crippen LogP contribution in [-0.4, -0.2) is 46.1 Å². The monoisotopic (exact) mass is 379 g/mol. The molecular weight excluding hydrogens is 359 g/mol. The van der Waals surface area contributed by atoms with Crippen LogP contribution in [-0.2, 0) is 12.7 Å². The minimum atomic E-state index is -4.38. The summed E-state index contributed by atoms with van der Waals surface area (Å²) in [7, 11) is 0. The SMILES string of the molecule is O=C(N[C@@H]1CCN(Cc2cccc(C(F)(F)F)c2)C[C@H]1O)c1ccccn1. The molecule has 2 N–H and O–H groups in total. The third kappa shape index (κ3) is 5.05. The first-order chi connectivity index (χ1) is 12.8. The number of likely N-dealkylation sites (tertiary alicyclic amines) is 1. The maximum atomic E-state index is 12.8. The van der Waals surface area contributed by atoms with E-state index in [4.69, 9.17) is 0 Å². The molecule has 2 aromatic rings. The number of carbonyl (C=O) groups excluding carboxylic acids is 1. The number of halogens is 3. The topological polar surface area (TPSA) is 65.5 Å². The molecule has 0 radical (unpaired) electrons. The Morgan fingerprint density at radius 2 is 2.07 bits per heavy atom. The Balaban J connectivity index is 1.57. The number of aliphatic hydroxyl groups excluding tert-OH is 1. The van der Waals surface area contributed by atoms with Crippen LogP contribution in [0.15, 0.2) is 48.7 Å². The molecular formula is C19H20F3N3O2. The van der Waals surface area contributed by atoms with Crippen LogP contribution in [0, 0.1) is 0 Å². The van der Waals surface area contributed by atoms with Crippen LogP contribution < -0.4 is 5.32 Å². The molecule has 0 bridgehead atoms. The van der Waals surface area contributed by atoms with E-state index in [0.29, 0.717) is 25.1 Å². The van der Waals surface area contributed by atoms with Crippen molar-refractivity contribution in [3.8, 4) is 0 Å². The summed E-state index contributed by atoms with van der Waals surface area (Å²) in [4.78, 5) is 18.0. The van der Waals surface area contributed by atoms with Crippen LogP contribution in [0.4, 0.5) is 13.2 Å². The number of amides is 1. The second-order valence-electron chi connectivity index (χ2n) is 6.58. The molecule has 1 fully saturated rings. The van der Waals surface area contributed by atoms with E-state index in [9.17, 15) is 23.1 Å². The van der Waals surface area contributed by atoms with Crippen LogP contribution in [0.5, 0.6) is 0 Å². The number of aromatic nitrogens is 1. The summed E-state index contributed by atoms with van der Waals surface area (Å²) in [5, 5.41) is 13.1. The van der Waals surface area contributed by atoms with Crippen molar-refractivity contribution in [3.05, 3.63) is 65.5 Å². The van der Waals surface area contributed by atoms with Crippen molar-refractivity contribution in [2.75, 3.05) is 13.1 Å². The van der Waals surface area contributed by atoms with Crippen molar-refractivity contribution >= 4 is 5.91 Å². The minimum absolute atomic E-state index is 0.267. The molecule has 5 nitrogen and oxygen atoms in total. The molecule has 144 valence electrons. The lowest BCUT2D eigenvalue weighted by atomic mass is 10.0. The van der Waals surface area contributed by atoms with E-state index in [1.54, 1.807) is 24.3 Å². The zero-order valence-electron chi connectivity index (χ0n) is 14.5. The largest absolute Gasteiger partial charge is 0.416 e. The Morgan fingerprint density at radius 3 is 2.74 bits per heavy atom. The molecule has 1 saturated heterocycles. The molecule has 0 aliphatic carbocycles. The maximum absolute atomic E-state index is 12.8. The van der Waals surface area contributed by atoms with E-state index in [1.165, 1.54) is 12.3 Å². The Bertz CT molecular complexity index is 783. The van der Waals surface area contributed by atoms with Crippen molar-refractivity contribution < 1.29 is 23.1 Å². The highest BCUT2D eigenvalue weighted by Gasteiger charge is 2.32. The molecule has 8 heteroatoms. The van der Waals surface area contributed by atoms with Crippen LogP contribution >= 0.6 is 0 Å². The van der Waals surface area contributed by atoms with E-state index in [-0.39, 0.29) is 18.1 Å². The van der Waals surface area contributed by atoms with Crippen LogP contribution in [0.2, 0.25) is 0 Å². The Hall–Kier alpha value is -2.45. The van der Waals surface area contributed by atoms with Gasteiger partial charge in [0.15, 0.2) is 0 Å². The fourth-order valence-electron chi connectivity index (χ4n) is 3.15. The normalized spacial score (nSPS) is 21.0. The molecule has 27 heavy (non-hydrogen) atoms. The molecule has 3 rings (SSSR count). The number of carbonyl (C=O) groups is 1. The number of aliphatic hydroxyl groups is 1. The Kier molecular flexibility index (Phi) is 5.76. The van der Waals surface area contributed by atoms with Gasteiger partial charge in [0, 0.05) is 25.8 Å². The lowest BCUT2D eigenvalue weighted by Crippen LogP contribution is -2.53. The summed E-state index contributed by atoms with van der Waals surface area (Å²) in [5.74, 6) is -0.356. The third-order valence-electron chi connectivity index (χ3n) is 4.54. The van der Waals surface area contributed by atoms with E-state index in [2.05, 4.69) is 10.3 Å². The van der Waals surface area contributed by atoms with Gasteiger partial charge in [-0.1, -0.05) is 24.3 Å². The fraction of sp³-hybridized carbons (Fsp3) is 0.368. The summed E-state index contributed by atoms with van der Waals surface area (Å²) in [6.45, 7) is 1.13. The van der Waals surface area contributed by atoms with Gasteiger partial charge >= 0.3 is 6.18 Å². The molecule has 2 atom stereocenters. The average Bonchev–Trinajstić information content (AvgIpc) is 2.64. The second kappa shape index (κ2) is 8.06. The van der Waals surface area contributed by atoms with Crippen molar-refractivity contribution in [1.29, 1.82) is 0 Å². The van der Waals surface area contributed by atoms with Gasteiger partial charge in [-0.25, -0.2) is 0 Å². The van der Waals surface area contributed by atoms with Gasteiger partial charge in [0.25, 0.3) is 5.91 Å². The first-order valence-corrected chi connectivity index (χ1v) is 8.61. The van der Waals surface area contributed by atoms with Gasteiger partial charge in [-0.05, 0) is 30.2 Å². The number of hydrogen-bond donors (Lipinski definition) is 2. The number of hydrogen-bond acceptors (Lipinski definition) is 4. The number of β-amino-alcohol motifs (C(OH)–C–C–N with tert-alkyl or cyclic N) is 1. The molecule has 0 saturated carbocycles. The first kappa shape index (κ1) is 19.3. The molecule has 1 amide bonds. The zero-order chi connectivity index (χ0) is 19.4. The Labute approximate surface area is 154 Å². The third-order valence-corrected chi connectivity index (χ3v) is 4.54. The first-order valence-electron chi connectivity index (χ1n) is 8.61. The predicted octanol–water partition coefficient (Wildman–Crippen LogP) is 2.47. The summed E-state index contributed by atoms with van der Waals surface area (Å²) in [6.07, 6.45) is -3.17. The quantitative estimate of drug-likeness (QED) is 0.857. The molecule has 0 spiro atoms. The van der Waals surface area contributed by atoms with Crippen molar-refractivity contribution in [2.45, 2.75) is 31.3 Å². The summed E-state index contributed by atoms with van der Waals surface area (Å²) in [6, 6.07) is 9.76. The van der Waals surface area contributed by atoms with Gasteiger partial charge in [-0.15, -0.1) is 0 Å². The van der Waals surface area contributed by atoms with Crippen molar-refractivity contribution in [2.24, 2.45) is 0 Å². The number of nitrogens with one attached hydrogen (secondary N) is 1. The molecule has 2 heterocycles. The number of alkyl halides is 3. The summed E-state index contributed by atoms with van der Waals surface area (Å²) < 4.78 is 38.5. The molecule has 1 aliphatic rings. The van der Waals surface area contributed by atoms with E-state index in [1.807, 2.05) is 4.90 Å². The second-order valence-corrected chi connectivity index (χ2v) is 6.58. The van der Waals surface area contributed by atoms with E-state index < -0.39 is 23.9 Å². The maximum Gasteiger partial charge on any atom is 0.416 e. The number of rotatable bonds is 4. The fourth-order valence-corrected chi connectivity index (χ4v) is 3.15. The van der Waals surface area contributed by atoms with Gasteiger partial charge in [0.1, 0.15) is 5.69 Å². The lowest BCUT2D eigenvalue weighted by molar-refractivity contribution is -0.137. The highest BCUT2D eigenvalue weighted by Crippen LogP contribution is 2.30.